The van der Waals surface area contributed by atoms with Gasteiger partial charge in [-0.3, -0.25) is 23.6 Å². The van der Waals surface area contributed by atoms with Gasteiger partial charge >= 0.3 is 0 Å². The van der Waals surface area contributed by atoms with Crippen LogP contribution in [0.5, 0.6) is 0 Å². The Hall–Kier alpha value is -6.22. The lowest BCUT2D eigenvalue weighted by atomic mass is 9.97. The first-order chi connectivity index (χ1) is 20.8. The highest BCUT2D eigenvalue weighted by Gasteiger charge is 2.34. The predicted molar refractivity (Wildman–Crippen MR) is 160 cm³/mol. The Kier molecular flexibility index (Phi) is 5.81. The van der Waals surface area contributed by atoms with E-state index in [4.69, 9.17) is 5.73 Å². The number of rotatable bonds is 4. The molecule has 0 bridgehead atoms. The van der Waals surface area contributed by atoms with Crippen molar-refractivity contribution in [1.29, 1.82) is 0 Å². The molecular formula is C31H23N9O3. The topological polar surface area (TPSA) is 154 Å². The number of aryl methyl sites for hydroxylation is 1. The average Bonchev–Trinajstić information content (AvgIpc) is 3.67. The van der Waals surface area contributed by atoms with Crippen LogP contribution < -0.4 is 21.9 Å². The van der Waals surface area contributed by atoms with Crippen LogP contribution in [-0.4, -0.2) is 40.8 Å². The number of pyridine rings is 1. The fourth-order valence-electron chi connectivity index (χ4n) is 5.50. The largest absolute Gasteiger partial charge is 0.381 e. The number of nitrogens with two attached hydrogens (primary N) is 1. The van der Waals surface area contributed by atoms with Gasteiger partial charge in [0.05, 0.1) is 40.1 Å². The maximum atomic E-state index is 14.5. The summed E-state index contributed by atoms with van der Waals surface area (Å²) in [5.41, 5.74) is 8.84. The summed E-state index contributed by atoms with van der Waals surface area (Å²) in [6.07, 6.45) is 6.58. The molecule has 0 unspecified atom stereocenters. The molecule has 6 aromatic rings. The molecule has 7 rings (SSSR count). The standard InChI is InChI=1S/C31H23N9O3/c1-17(35-30(42)25-27(32)37-39-14-6-13-33-28(25)39)26-24-23-21(36-29(24)41)12-11-19(10-9-18-15-34-38(2)16-18)22(23)31(43)40(26)20-7-4-3-5-8-20/h3-8,11-17H,1-2H3,(H2,32,37)(H,35,42)(H,36,41)/t17-/m0/s1. The molecule has 1 aliphatic heterocycles. The zero-order valence-corrected chi connectivity index (χ0v) is 23.0. The summed E-state index contributed by atoms with van der Waals surface area (Å²) in [7, 11) is 1.79. The Morgan fingerprint density at radius 1 is 1.07 bits per heavy atom. The van der Waals surface area contributed by atoms with E-state index in [1.807, 2.05) is 6.07 Å². The molecule has 2 amide bonds. The number of aromatic nitrogens is 6. The van der Waals surface area contributed by atoms with Crippen molar-refractivity contribution in [3.63, 3.8) is 0 Å². The van der Waals surface area contributed by atoms with Crippen LogP contribution in [0.3, 0.4) is 0 Å². The number of amides is 2. The quantitative estimate of drug-likeness (QED) is 0.276. The lowest BCUT2D eigenvalue weighted by Gasteiger charge is -2.23. The van der Waals surface area contributed by atoms with E-state index < -0.39 is 17.9 Å². The van der Waals surface area contributed by atoms with Gasteiger partial charge in [-0.05, 0) is 37.3 Å². The molecule has 0 aliphatic carbocycles. The molecule has 12 heteroatoms. The number of nitrogens with zero attached hydrogens (tertiary/aromatic N) is 6. The average molecular weight is 570 g/mol. The zero-order chi connectivity index (χ0) is 29.8. The molecule has 0 saturated heterocycles. The van der Waals surface area contributed by atoms with E-state index in [1.54, 1.807) is 79.7 Å². The molecule has 5 heterocycles. The minimum absolute atomic E-state index is 0.00348. The van der Waals surface area contributed by atoms with E-state index in [0.717, 1.165) is 0 Å². The van der Waals surface area contributed by atoms with Crippen molar-refractivity contribution in [2.24, 2.45) is 7.05 Å². The Labute approximate surface area is 243 Å². The molecule has 12 nitrogen and oxygen atoms in total. The van der Waals surface area contributed by atoms with Gasteiger partial charge in [-0.1, -0.05) is 30.0 Å². The van der Waals surface area contributed by atoms with Gasteiger partial charge < -0.3 is 16.4 Å². The maximum absolute atomic E-state index is 14.5. The van der Waals surface area contributed by atoms with Crippen molar-refractivity contribution in [1.82, 2.24) is 34.3 Å². The third-order valence-corrected chi connectivity index (χ3v) is 7.31. The predicted octanol–water partition coefficient (Wildman–Crippen LogP) is 2.81. The summed E-state index contributed by atoms with van der Waals surface area (Å²) in [6, 6.07) is 13.3. The van der Waals surface area contributed by atoms with Gasteiger partial charge in [-0.25, -0.2) is 9.50 Å². The van der Waals surface area contributed by atoms with Gasteiger partial charge in [0.15, 0.2) is 11.5 Å². The van der Waals surface area contributed by atoms with E-state index >= 15 is 0 Å². The van der Waals surface area contributed by atoms with Gasteiger partial charge in [-0.15, -0.1) is 5.10 Å². The third kappa shape index (κ3) is 4.10. The van der Waals surface area contributed by atoms with Gasteiger partial charge in [0.1, 0.15) is 5.56 Å². The minimum atomic E-state index is -0.820. The van der Waals surface area contributed by atoms with Crippen molar-refractivity contribution < 1.29 is 9.59 Å². The summed E-state index contributed by atoms with van der Waals surface area (Å²) in [5, 5.41) is 14.9. The molecule has 0 saturated carbocycles. The fourth-order valence-corrected chi connectivity index (χ4v) is 5.50. The summed E-state index contributed by atoms with van der Waals surface area (Å²) in [6.45, 7) is 1.71. The van der Waals surface area contributed by atoms with Gasteiger partial charge in [0, 0.05) is 42.3 Å². The van der Waals surface area contributed by atoms with Gasteiger partial charge in [0.2, 0.25) is 0 Å². The zero-order valence-electron chi connectivity index (χ0n) is 23.0. The van der Waals surface area contributed by atoms with Crippen LogP contribution in [0.25, 0.3) is 22.1 Å². The highest BCUT2D eigenvalue weighted by atomic mass is 16.2. The molecule has 0 fully saturated rings. The molecule has 2 aromatic carbocycles. The van der Waals surface area contributed by atoms with Crippen molar-refractivity contribution >= 4 is 39.7 Å². The molecule has 0 radical (unpaired) electrons. The van der Waals surface area contributed by atoms with E-state index in [0.29, 0.717) is 39.0 Å². The Balaban J connectivity index is 1.45. The molecule has 1 atom stereocenters. The maximum Gasteiger partial charge on any atom is 0.264 e. The normalized spacial score (nSPS) is 12.7. The van der Waals surface area contributed by atoms with E-state index in [-0.39, 0.29) is 28.2 Å². The lowest BCUT2D eigenvalue weighted by Crippen LogP contribution is -2.34. The number of para-hydroxylation sites is 1. The van der Waals surface area contributed by atoms with Crippen molar-refractivity contribution in [2.75, 3.05) is 11.1 Å². The van der Waals surface area contributed by atoms with Crippen molar-refractivity contribution in [2.45, 2.75) is 13.0 Å². The fraction of sp³-hybridized carbons (Fsp3) is 0.0968. The Morgan fingerprint density at radius 3 is 2.65 bits per heavy atom. The molecule has 4 aromatic heterocycles. The number of carbonyl (C=O) groups is 2. The molecule has 4 N–H and O–H groups in total. The summed E-state index contributed by atoms with van der Waals surface area (Å²) in [5.74, 6) is 5.22. The molecular weight excluding hydrogens is 546 g/mol. The van der Waals surface area contributed by atoms with Gasteiger partial charge in [0.25, 0.3) is 17.4 Å². The number of carbonyl (C=O) groups excluding carboxylic acids is 2. The monoisotopic (exact) mass is 569 g/mol. The number of benzene rings is 2. The number of nitrogens with one attached hydrogen (secondary N) is 2. The second-order valence-electron chi connectivity index (χ2n) is 10.1. The molecule has 210 valence electrons. The van der Waals surface area contributed by atoms with Crippen LogP contribution in [0.4, 0.5) is 11.5 Å². The minimum Gasteiger partial charge on any atom is -0.381 e. The van der Waals surface area contributed by atoms with Crippen LogP contribution in [-0.2, 0) is 7.05 Å². The van der Waals surface area contributed by atoms with Crippen LogP contribution in [0.15, 0.2) is 78.1 Å². The number of nitrogen functional groups attached to an aromatic ring is 1. The Bertz CT molecular complexity index is 2250. The summed E-state index contributed by atoms with van der Waals surface area (Å²) >= 11 is 0. The third-order valence-electron chi connectivity index (χ3n) is 7.31. The lowest BCUT2D eigenvalue weighted by molar-refractivity contribution is 0.0937. The number of fused-ring (bicyclic) bond motifs is 1. The summed E-state index contributed by atoms with van der Waals surface area (Å²) in [4.78, 5) is 45.9. The van der Waals surface area contributed by atoms with Gasteiger partial charge in [-0.2, -0.15) is 5.10 Å². The van der Waals surface area contributed by atoms with E-state index in [9.17, 15) is 14.4 Å². The SMILES string of the molecule is C[C@H](NC(=O)c1c(N)nn2cccnc12)c1c2c3c(ccc(C#Cc4cnn(C)c4)c3c(=O)n1-c1ccccc1)NC2=O. The number of anilines is 2. The van der Waals surface area contributed by atoms with Crippen molar-refractivity contribution in [3.8, 4) is 17.5 Å². The van der Waals surface area contributed by atoms with Crippen LogP contribution in [0, 0.1) is 11.8 Å². The highest BCUT2D eigenvalue weighted by Crippen LogP contribution is 2.38. The van der Waals surface area contributed by atoms with E-state index in [1.165, 1.54) is 15.3 Å². The van der Waals surface area contributed by atoms with Crippen LogP contribution >= 0.6 is 0 Å². The van der Waals surface area contributed by atoms with Crippen LogP contribution in [0.2, 0.25) is 0 Å². The first-order valence-electron chi connectivity index (χ1n) is 13.3. The van der Waals surface area contributed by atoms with Crippen LogP contribution in [0.1, 0.15) is 50.5 Å². The Morgan fingerprint density at radius 2 is 1.88 bits per heavy atom. The number of hydrogen-bond donors (Lipinski definition) is 3. The smallest absolute Gasteiger partial charge is 0.264 e. The second kappa shape index (κ2) is 9.71. The van der Waals surface area contributed by atoms with Crippen molar-refractivity contribution in [3.05, 3.63) is 112 Å². The molecule has 1 aliphatic rings. The highest BCUT2D eigenvalue weighted by molar-refractivity contribution is 6.25. The summed E-state index contributed by atoms with van der Waals surface area (Å²) < 4.78 is 4.52. The number of hydrogen-bond acceptors (Lipinski definition) is 7. The first kappa shape index (κ1) is 25.7. The van der Waals surface area contributed by atoms with E-state index in [2.05, 4.69) is 37.7 Å². The second-order valence-corrected chi connectivity index (χ2v) is 10.1. The molecule has 0 spiro atoms. The first-order valence-corrected chi connectivity index (χ1v) is 13.3. The molecule has 43 heavy (non-hydrogen) atoms.